The largest absolute Gasteiger partial charge is 0.364 e. The molecule has 0 unspecified atom stereocenters. The fourth-order valence-electron chi connectivity index (χ4n) is 1.90. The van der Waals surface area contributed by atoms with Crippen LogP contribution in [0.5, 0.6) is 0 Å². The van der Waals surface area contributed by atoms with Gasteiger partial charge in [-0.3, -0.25) is 9.97 Å². The molecule has 0 atom stereocenters. The topological polar surface area (TPSA) is 75.6 Å². The Morgan fingerprint density at radius 1 is 0.682 bits per heavy atom. The van der Waals surface area contributed by atoms with Crippen molar-refractivity contribution in [3.05, 3.63) is 72.4 Å². The molecule has 3 heterocycles. The molecular formula is C16H16N6. The van der Waals surface area contributed by atoms with Crippen LogP contribution in [0.2, 0.25) is 0 Å². The van der Waals surface area contributed by atoms with Crippen LogP contribution in [0.3, 0.4) is 0 Å². The van der Waals surface area contributed by atoms with E-state index in [0.717, 1.165) is 17.2 Å². The van der Waals surface area contributed by atoms with Gasteiger partial charge in [0, 0.05) is 18.6 Å². The van der Waals surface area contributed by atoms with Gasteiger partial charge in [0.05, 0.1) is 24.5 Å². The van der Waals surface area contributed by atoms with E-state index in [-0.39, 0.29) is 0 Å². The van der Waals surface area contributed by atoms with Crippen molar-refractivity contribution in [3.8, 4) is 0 Å². The highest BCUT2D eigenvalue weighted by Gasteiger charge is 2.00. The normalized spacial score (nSPS) is 10.2. The molecule has 0 spiro atoms. The Morgan fingerprint density at radius 3 is 2.00 bits per heavy atom. The summed E-state index contributed by atoms with van der Waals surface area (Å²) in [5.74, 6) is 1.32. The van der Waals surface area contributed by atoms with Gasteiger partial charge in [0.1, 0.15) is 5.82 Å². The summed E-state index contributed by atoms with van der Waals surface area (Å²) in [4.78, 5) is 17.1. The van der Waals surface area contributed by atoms with Gasteiger partial charge in [-0.25, -0.2) is 4.98 Å². The van der Waals surface area contributed by atoms with Gasteiger partial charge in [-0.15, -0.1) is 0 Å². The van der Waals surface area contributed by atoms with Crippen LogP contribution in [0.25, 0.3) is 0 Å². The van der Waals surface area contributed by atoms with E-state index in [0.29, 0.717) is 19.0 Å². The monoisotopic (exact) mass is 292 g/mol. The van der Waals surface area contributed by atoms with Crippen LogP contribution in [0, 0.1) is 0 Å². The molecule has 22 heavy (non-hydrogen) atoms. The zero-order chi connectivity index (χ0) is 15.0. The minimum absolute atomic E-state index is 0.566. The van der Waals surface area contributed by atoms with Crippen LogP contribution < -0.4 is 10.6 Å². The molecule has 0 radical (unpaired) electrons. The van der Waals surface area contributed by atoms with Gasteiger partial charge >= 0.3 is 0 Å². The highest BCUT2D eigenvalue weighted by Crippen LogP contribution is 2.08. The molecule has 2 N–H and O–H groups in total. The van der Waals surface area contributed by atoms with E-state index in [4.69, 9.17) is 0 Å². The maximum Gasteiger partial charge on any atom is 0.224 e. The van der Waals surface area contributed by atoms with Gasteiger partial charge in [0.15, 0.2) is 0 Å². The van der Waals surface area contributed by atoms with E-state index in [9.17, 15) is 0 Å². The summed E-state index contributed by atoms with van der Waals surface area (Å²) >= 11 is 0. The lowest BCUT2D eigenvalue weighted by Gasteiger charge is -2.08. The number of aromatic nitrogens is 4. The lowest BCUT2D eigenvalue weighted by atomic mass is 10.3. The van der Waals surface area contributed by atoms with Crippen molar-refractivity contribution in [1.29, 1.82) is 0 Å². The average Bonchev–Trinajstić information content (AvgIpc) is 2.60. The molecule has 0 saturated carbocycles. The van der Waals surface area contributed by atoms with Crippen molar-refractivity contribution in [3.63, 3.8) is 0 Å². The van der Waals surface area contributed by atoms with Crippen molar-refractivity contribution in [2.45, 2.75) is 13.1 Å². The van der Waals surface area contributed by atoms with Gasteiger partial charge in [-0.05, 0) is 30.3 Å². The lowest BCUT2D eigenvalue weighted by Crippen LogP contribution is -2.07. The molecule has 110 valence electrons. The van der Waals surface area contributed by atoms with Crippen LogP contribution in [0.4, 0.5) is 11.8 Å². The summed E-state index contributed by atoms with van der Waals surface area (Å²) in [7, 11) is 0. The van der Waals surface area contributed by atoms with Crippen LogP contribution >= 0.6 is 0 Å². The Hall–Kier alpha value is -3.02. The molecule has 0 saturated heterocycles. The summed E-state index contributed by atoms with van der Waals surface area (Å²) in [5, 5.41) is 6.39. The number of pyridine rings is 2. The fraction of sp³-hybridized carbons (Fsp3) is 0.125. The van der Waals surface area contributed by atoms with Crippen molar-refractivity contribution in [2.24, 2.45) is 0 Å². The SMILES string of the molecule is c1ccc(CNc2ccnc(NCc3ccccn3)n2)nc1. The average molecular weight is 292 g/mol. The van der Waals surface area contributed by atoms with E-state index in [1.807, 2.05) is 42.5 Å². The number of hydrogen-bond acceptors (Lipinski definition) is 6. The molecule has 0 aliphatic carbocycles. The van der Waals surface area contributed by atoms with Gasteiger partial charge in [-0.1, -0.05) is 12.1 Å². The quantitative estimate of drug-likeness (QED) is 0.727. The third-order valence-corrected chi connectivity index (χ3v) is 2.99. The van der Waals surface area contributed by atoms with Gasteiger partial charge < -0.3 is 10.6 Å². The number of rotatable bonds is 6. The standard InChI is InChI=1S/C16H16N6/c1-3-8-17-13(5-1)11-20-15-7-10-19-16(22-15)21-12-14-6-2-4-9-18-14/h1-10H,11-12H2,(H2,19,20,21,22). The van der Waals surface area contributed by atoms with Crippen molar-refractivity contribution in [1.82, 2.24) is 19.9 Å². The number of hydrogen-bond donors (Lipinski definition) is 2. The second kappa shape index (κ2) is 7.12. The van der Waals surface area contributed by atoms with Crippen LogP contribution in [0.1, 0.15) is 11.4 Å². The van der Waals surface area contributed by atoms with Crippen LogP contribution in [-0.2, 0) is 13.1 Å². The maximum atomic E-state index is 4.41. The first kappa shape index (κ1) is 13.9. The second-order valence-corrected chi connectivity index (χ2v) is 4.61. The molecular weight excluding hydrogens is 276 g/mol. The lowest BCUT2D eigenvalue weighted by molar-refractivity contribution is 0.986. The molecule has 0 aliphatic heterocycles. The molecule has 3 rings (SSSR count). The number of nitrogens with zero attached hydrogens (tertiary/aromatic N) is 4. The predicted octanol–water partition coefficient (Wildman–Crippen LogP) is 2.49. The van der Waals surface area contributed by atoms with Crippen LogP contribution in [-0.4, -0.2) is 19.9 Å². The molecule has 3 aromatic heterocycles. The summed E-state index contributed by atoms with van der Waals surface area (Å²) in [5.41, 5.74) is 1.90. The smallest absolute Gasteiger partial charge is 0.224 e. The molecule has 0 fully saturated rings. The highest BCUT2D eigenvalue weighted by molar-refractivity contribution is 5.40. The Morgan fingerprint density at radius 2 is 1.36 bits per heavy atom. The Balaban J connectivity index is 1.58. The molecule has 0 bridgehead atoms. The second-order valence-electron chi connectivity index (χ2n) is 4.61. The Labute approximate surface area is 128 Å². The van der Waals surface area contributed by atoms with Crippen molar-refractivity contribution < 1.29 is 0 Å². The first-order valence-electron chi connectivity index (χ1n) is 7.01. The molecule has 3 aromatic rings. The number of anilines is 2. The summed E-state index contributed by atoms with van der Waals surface area (Å²) in [6.45, 7) is 1.21. The first-order valence-corrected chi connectivity index (χ1v) is 7.01. The summed E-state index contributed by atoms with van der Waals surface area (Å²) in [6.07, 6.45) is 5.26. The van der Waals surface area contributed by atoms with E-state index in [1.54, 1.807) is 18.6 Å². The highest BCUT2D eigenvalue weighted by atomic mass is 15.1. The summed E-state index contributed by atoms with van der Waals surface area (Å²) in [6, 6.07) is 13.5. The maximum absolute atomic E-state index is 4.41. The van der Waals surface area contributed by atoms with E-state index < -0.39 is 0 Å². The minimum Gasteiger partial charge on any atom is -0.364 e. The summed E-state index contributed by atoms with van der Waals surface area (Å²) < 4.78 is 0. The fourth-order valence-corrected chi connectivity index (χ4v) is 1.90. The Bertz CT molecular complexity index is 643. The van der Waals surface area contributed by atoms with Crippen molar-refractivity contribution in [2.75, 3.05) is 10.6 Å². The first-order chi connectivity index (χ1) is 10.9. The molecule has 0 aliphatic rings. The zero-order valence-corrected chi connectivity index (χ0v) is 12.0. The van der Waals surface area contributed by atoms with Crippen molar-refractivity contribution >= 4 is 11.8 Å². The zero-order valence-electron chi connectivity index (χ0n) is 12.0. The van der Waals surface area contributed by atoms with E-state index in [1.165, 1.54) is 0 Å². The van der Waals surface area contributed by atoms with Gasteiger partial charge in [0.2, 0.25) is 5.95 Å². The van der Waals surface area contributed by atoms with Gasteiger partial charge in [-0.2, -0.15) is 4.98 Å². The molecule has 0 amide bonds. The van der Waals surface area contributed by atoms with Crippen LogP contribution in [0.15, 0.2) is 61.1 Å². The molecule has 0 aromatic carbocycles. The van der Waals surface area contributed by atoms with E-state index in [2.05, 4.69) is 30.6 Å². The van der Waals surface area contributed by atoms with Gasteiger partial charge in [0.25, 0.3) is 0 Å². The van der Waals surface area contributed by atoms with E-state index >= 15 is 0 Å². The third kappa shape index (κ3) is 3.99. The predicted molar refractivity (Wildman–Crippen MR) is 85.2 cm³/mol. The molecule has 6 heteroatoms. The number of nitrogens with one attached hydrogen (secondary N) is 2. The third-order valence-electron chi connectivity index (χ3n) is 2.99. The minimum atomic E-state index is 0.566. The Kier molecular flexibility index (Phi) is 4.51. The molecule has 6 nitrogen and oxygen atoms in total.